The van der Waals surface area contributed by atoms with Crippen molar-refractivity contribution < 1.29 is 9.84 Å². The molecule has 0 bridgehead atoms. The molecule has 1 aromatic heterocycles. The van der Waals surface area contributed by atoms with Gasteiger partial charge in [-0.25, -0.2) is 0 Å². The van der Waals surface area contributed by atoms with E-state index >= 15 is 0 Å². The first kappa shape index (κ1) is 13.3. The number of aromatic hydroxyl groups is 1. The first-order chi connectivity index (χ1) is 9.65. The van der Waals surface area contributed by atoms with Crippen molar-refractivity contribution in [3.05, 3.63) is 44.9 Å². The lowest BCUT2D eigenvalue weighted by Crippen LogP contribution is -2.16. The second-order valence-corrected chi connectivity index (χ2v) is 5.57. The summed E-state index contributed by atoms with van der Waals surface area (Å²) in [4.78, 5) is 19.0. The van der Waals surface area contributed by atoms with Crippen LogP contribution in [0.2, 0.25) is 0 Å². The van der Waals surface area contributed by atoms with Gasteiger partial charge in [0.2, 0.25) is 5.88 Å². The van der Waals surface area contributed by atoms with Crippen LogP contribution in [0.4, 0.5) is 0 Å². The highest BCUT2D eigenvalue weighted by Gasteiger charge is 2.22. The Morgan fingerprint density at radius 3 is 2.70 bits per heavy atom. The monoisotopic (exact) mass is 336 g/mol. The highest BCUT2D eigenvalue weighted by molar-refractivity contribution is 9.10. The largest absolute Gasteiger partial charge is 0.493 e. The molecule has 0 radical (unpaired) electrons. The number of ether oxygens (including phenoxy) is 1. The molecule has 2 heterocycles. The standard InChI is InChI=1S/C14H13BrN2O3/c15-9-5-3-8(4-6-9)11-13(18)16-12(17-14(11)19)10-2-1-7-20-10/h3-6,10H,1-2,7H2,(H2,16,17,18,19). The molecule has 1 atom stereocenters. The molecule has 6 heteroatoms. The van der Waals surface area contributed by atoms with Crippen LogP contribution in [-0.2, 0) is 4.74 Å². The van der Waals surface area contributed by atoms with E-state index in [-0.39, 0.29) is 23.1 Å². The zero-order valence-electron chi connectivity index (χ0n) is 10.6. The molecular weight excluding hydrogens is 324 g/mol. The topological polar surface area (TPSA) is 75.2 Å². The number of nitrogens with zero attached hydrogens (tertiary/aromatic N) is 1. The number of H-pyrrole nitrogens is 1. The first-order valence-electron chi connectivity index (χ1n) is 6.36. The van der Waals surface area contributed by atoms with Crippen LogP contribution in [0.5, 0.6) is 5.88 Å². The van der Waals surface area contributed by atoms with Gasteiger partial charge >= 0.3 is 0 Å². The highest BCUT2D eigenvalue weighted by Crippen LogP contribution is 2.29. The summed E-state index contributed by atoms with van der Waals surface area (Å²) in [6, 6.07) is 7.12. The Labute approximate surface area is 123 Å². The summed E-state index contributed by atoms with van der Waals surface area (Å²) in [6.07, 6.45) is 1.51. The molecule has 1 aliphatic rings. The van der Waals surface area contributed by atoms with Crippen molar-refractivity contribution in [1.29, 1.82) is 0 Å². The number of aromatic amines is 1. The number of nitrogens with one attached hydrogen (secondary N) is 1. The number of benzene rings is 1. The number of rotatable bonds is 2. The van der Waals surface area contributed by atoms with Gasteiger partial charge in [-0.3, -0.25) is 4.79 Å². The van der Waals surface area contributed by atoms with E-state index in [1.807, 2.05) is 12.1 Å². The van der Waals surface area contributed by atoms with Crippen LogP contribution >= 0.6 is 15.9 Å². The lowest BCUT2D eigenvalue weighted by Gasteiger charge is -2.10. The molecule has 2 N–H and O–H groups in total. The molecular formula is C14H13BrN2O3. The molecule has 3 rings (SSSR count). The molecule has 1 aliphatic heterocycles. The van der Waals surface area contributed by atoms with E-state index in [1.165, 1.54) is 0 Å². The fraction of sp³-hybridized carbons (Fsp3) is 0.286. The minimum Gasteiger partial charge on any atom is -0.493 e. The van der Waals surface area contributed by atoms with Gasteiger partial charge in [0.15, 0.2) is 0 Å². The molecule has 0 amide bonds. The molecule has 104 valence electrons. The summed E-state index contributed by atoms with van der Waals surface area (Å²) >= 11 is 3.33. The van der Waals surface area contributed by atoms with Crippen LogP contribution in [0.3, 0.4) is 0 Å². The summed E-state index contributed by atoms with van der Waals surface area (Å²) in [7, 11) is 0. The maximum atomic E-state index is 12.2. The Hall–Kier alpha value is -1.66. The number of aromatic nitrogens is 2. The van der Waals surface area contributed by atoms with Gasteiger partial charge in [0, 0.05) is 11.1 Å². The van der Waals surface area contributed by atoms with Gasteiger partial charge in [0.25, 0.3) is 5.56 Å². The molecule has 0 saturated carbocycles. The van der Waals surface area contributed by atoms with E-state index < -0.39 is 0 Å². The van der Waals surface area contributed by atoms with Crippen LogP contribution in [0.1, 0.15) is 24.8 Å². The van der Waals surface area contributed by atoms with Crippen LogP contribution in [0.25, 0.3) is 11.1 Å². The predicted molar refractivity (Wildman–Crippen MR) is 77.6 cm³/mol. The first-order valence-corrected chi connectivity index (χ1v) is 7.15. The van der Waals surface area contributed by atoms with Crippen LogP contribution < -0.4 is 5.56 Å². The Morgan fingerprint density at radius 1 is 1.35 bits per heavy atom. The second-order valence-electron chi connectivity index (χ2n) is 4.66. The third-order valence-corrected chi connectivity index (χ3v) is 3.81. The lowest BCUT2D eigenvalue weighted by molar-refractivity contribution is 0.104. The van der Waals surface area contributed by atoms with E-state index in [0.29, 0.717) is 18.0 Å². The molecule has 0 spiro atoms. The quantitative estimate of drug-likeness (QED) is 0.884. The summed E-state index contributed by atoms with van der Waals surface area (Å²) in [6.45, 7) is 0.656. The third-order valence-electron chi connectivity index (χ3n) is 3.29. The van der Waals surface area contributed by atoms with E-state index in [1.54, 1.807) is 12.1 Å². The van der Waals surface area contributed by atoms with Gasteiger partial charge in [-0.2, -0.15) is 4.98 Å². The molecule has 0 aliphatic carbocycles. The number of hydrogen-bond acceptors (Lipinski definition) is 4. The van der Waals surface area contributed by atoms with Gasteiger partial charge in [-0.05, 0) is 30.5 Å². The average molecular weight is 337 g/mol. The maximum absolute atomic E-state index is 12.2. The van der Waals surface area contributed by atoms with Gasteiger partial charge in [0.1, 0.15) is 17.5 Å². The molecule has 2 aromatic rings. The van der Waals surface area contributed by atoms with E-state index in [9.17, 15) is 9.90 Å². The molecule has 1 saturated heterocycles. The Morgan fingerprint density at radius 2 is 2.10 bits per heavy atom. The number of halogens is 1. The number of hydrogen-bond donors (Lipinski definition) is 2. The van der Waals surface area contributed by atoms with Crippen molar-refractivity contribution in [3.63, 3.8) is 0 Å². The fourth-order valence-electron chi connectivity index (χ4n) is 2.30. The molecule has 20 heavy (non-hydrogen) atoms. The van der Waals surface area contributed by atoms with E-state index in [4.69, 9.17) is 4.74 Å². The summed E-state index contributed by atoms with van der Waals surface area (Å²) < 4.78 is 6.36. The van der Waals surface area contributed by atoms with Crippen LogP contribution in [-0.4, -0.2) is 21.7 Å². The van der Waals surface area contributed by atoms with Gasteiger partial charge < -0.3 is 14.8 Å². The minimum absolute atomic E-state index is 0.180. The molecule has 1 fully saturated rings. The van der Waals surface area contributed by atoms with E-state index in [2.05, 4.69) is 25.9 Å². The van der Waals surface area contributed by atoms with Gasteiger partial charge in [-0.1, -0.05) is 28.1 Å². The lowest BCUT2D eigenvalue weighted by atomic mass is 10.1. The predicted octanol–water partition coefficient (Wildman–Crippen LogP) is 2.76. The van der Waals surface area contributed by atoms with Crippen molar-refractivity contribution in [3.8, 4) is 17.0 Å². The summed E-state index contributed by atoms with van der Waals surface area (Å²) in [5.74, 6) is 0.132. The fourth-order valence-corrected chi connectivity index (χ4v) is 2.57. The Bertz CT molecular complexity index is 676. The van der Waals surface area contributed by atoms with Crippen molar-refractivity contribution in [2.45, 2.75) is 18.9 Å². The Balaban J connectivity index is 2.04. The second kappa shape index (κ2) is 5.38. The minimum atomic E-state index is -0.356. The normalized spacial score (nSPS) is 18.4. The summed E-state index contributed by atoms with van der Waals surface area (Å²) in [5.41, 5.74) is 0.447. The van der Waals surface area contributed by atoms with Crippen molar-refractivity contribution in [2.75, 3.05) is 6.61 Å². The van der Waals surface area contributed by atoms with Crippen LogP contribution in [0, 0.1) is 0 Å². The van der Waals surface area contributed by atoms with Crippen molar-refractivity contribution >= 4 is 15.9 Å². The van der Waals surface area contributed by atoms with Gasteiger partial charge in [-0.15, -0.1) is 0 Å². The van der Waals surface area contributed by atoms with Crippen LogP contribution in [0.15, 0.2) is 33.5 Å². The van der Waals surface area contributed by atoms with Gasteiger partial charge in [0.05, 0.1) is 0 Å². The SMILES string of the molecule is O=c1[nH]c(C2CCCO2)nc(O)c1-c1ccc(Br)cc1. The third kappa shape index (κ3) is 2.48. The zero-order chi connectivity index (χ0) is 14.1. The smallest absolute Gasteiger partial charge is 0.262 e. The molecule has 5 nitrogen and oxygen atoms in total. The molecule has 1 unspecified atom stereocenters. The highest BCUT2D eigenvalue weighted by atomic mass is 79.9. The summed E-state index contributed by atoms with van der Waals surface area (Å²) in [5, 5.41) is 10.1. The average Bonchev–Trinajstić information content (AvgIpc) is 2.94. The Kier molecular flexibility index (Phi) is 3.58. The van der Waals surface area contributed by atoms with E-state index in [0.717, 1.165) is 17.3 Å². The molecule has 1 aromatic carbocycles. The zero-order valence-corrected chi connectivity index (χ0v) is 12.2. The van der Waals surface area contributed by atoms with Crippen molar-refractivity contribution in [2.24, 2.45) is 0 Å². The maximum Gasteiger partial charge on any atom is 0.262 e. The van der Waals surface area contributed by atoms with Crippen molar-refractivity contribution in [1.82, 2.24) is 9.97 Å².